The Labute approximate surface area is 347 Å². The fraction of sp³-hybridized carbons (Fsp3) is 0.233. The van der Waals surface area contributed by atoms with Crippen molar-refractivity contribution in [3.63, 3.8) is 0 Å². The van der Waals surface area contributed by atoms with Crippen LogP contribution in [-0.2, 0) is 28.1 Å². The van der Waals surface area contributed by atoms with Crippen LogP contribution in [0.5, 0.6) is 5.88 Å². The average molecular weight is 860 g/mol. The smallest absolute Gasteiger partial charge is 0.468 e. The first-order valence-corrected chi connectivity index (χ1v) is 20.7. The van der Waals surface area contributed by atoms with Crippen molar-refractivity contribution < 1.29 is 46.4 Å². The molecule has 6 aromatic rings. The second-order valence-electron chi connectivity index (χ2n) is 14.5. The van der Waals surface area contributed by atoms with Gasteiger partial charge in [-0.3, -0.25) is 24.1 Å². The van der Waals surface area contributed by atoms with Crippen LogP contribution in [0.25, 0.3) is 11.0 Å². The maximum absolute atomic E-state index is 14.9. The van der Waals surface area contributed by atoms with E-state index in [4.69, 9.17) is 20.9 Å². The van der Waals surface area contributed by atoms with Crippen molar-refractivity contribution in [2.45, 2.75) is 43.0 Å². The van der Waals surface area contributed by atoms with Gasteiger partial charge in [0.05, 0.1) is 28.3 Å². The summed E-state index contributed by atoms with van der Waals surface area (Å²) in [5, 5.41) is 3.05. The Morgan fingerprint density at radius 3 is 2.10 bits per heavy atom. The number of hydrogen-bond acceptors (Lipinski definition) is 8. The van der Waals surface area contributed by atoms with Crippen LogP contribution in [0.2, 0.25) is 5.02 Å². The minimum atomic E-state index is -5.08. The number of nitrogens with zero attached hydrogens (tertiary/aromatic N) is 4. The zero-order valence-corrected chi connectivity index (χ0v) is 33.4. The molecule has 17 heteroatoms. The van der Waals surface area contributed by atoms with Gasteiger partial charge in [-0.15, -0.1) is 0 Å². The molecule has 4 aromatic carbocycles. The van der Waals surface area contributed by atoms with Gasteiger partial charge in [0.1, 0.15) is 11.1 Å². The maximum Gasteiger partial charge on any atom is 0.469 e. The molecule has 0 bridgehead atoms. The summed E-state index contributed by atoms with van der Waals surface area (Å²) < 4.78 is 67.9. The Morgan fingerprint density at radius 1 is 0.867 bits per heavy atom. The van der Waals surface area contributed by atoms with E-state index in [1.54, 1.807) is 89.8 Å². The third kappa shape index (κ3) is 10.4. The lowest BCUT2D eigenvalue weighted by molar-refractivity contribution is -0.138. The maximum atomic E-state index is 14.9. The quantitative estimate of drug-likeness (QED) is 0.0976. The number of piperidine rings is 1. The summed E-state index contributed by atoms with van der Waals surface area (Å²) in [4.78, 5) is 61.4. The van der Waals surface area contributed by atoms with Crippen LogP contribution in [0.4, 0.5) is 13.2 Å². The average Bonchev–Trinajstić information content (AvgIpc) is 3.23. The number of hydrogen-bond donors (Lipinski definition) is 3. The van der Waals surface area contributed by atoms with E-state index in [1.807, 2.05) is 12.1 Å². The fourth-order valence-corrected chi connectivity index (χ4v) is 8.13. The van der Waals surface area contributed by atoms with E-state index in [9.17, 15) is 37.1 Å². The third-order valence-corrected chi connectivity index (χ3v) is 11.0. The molecule has 0 aliphatic carbocycles. The summed E-state index contributed by atoms with van der Waals surface area (Å²) in [5.74, 6) is -2.44. The largest absolute Gasteiger partial charge is 0.469 e. The highest BCUT2D eigenvalue weighted by molar-refractivity contribution is 7.46. The second kappa shape index (κ2) is 17.9. The molecular weight excluding hydrogens is 822 g/mol. The number of rotatable bonds is 13. The van der Waals surface area contributed by atoms with E-state index >= 15 is 0 Å². The number of benzene rings is 4. The summed E-state index contributed by atoms with van der Waals surface area (Å²) in [6.45, 7) is -0.429. The van der Waals surface area contributed by atoms with Gasteiger partial charge in [0.15, 0.2) is 0 Å². The summed E-state index contributed by atoms with van der Waals surface area (Å²) >= 11 is 6.44. The number of halogens is 4. The van der Waals surface area contributed by atoms with Gasteiger partial charge in [-0.2, -0.15) is 13.2 Å². The first kappa shape index (κ1) is 42.4. The molecule has 2 aromatic heterocycles. The standard InChI is InChI=1S/C43H38ClF3N5O7P/c44-35-20-31(21-37-39(35)49-18-17-48-37)41(54)52-19-16-36(33(26-52)30-14-8-3-9-15-30)51-40(53)32-25-50-38(22-34(32)43(45,46)47)59-42(27-58-60(55,56)57,23-28-10-4-1-5-11-28)24-29-12-6-2-7-13-29/h1-15,17-18,20-22,25,33,36H,16,19,23-24,26-27H2,(H,51,53)(H2,55,56,57)/t33-,36-/m1/s1. The van der Waals surface area contributed by atoms with E-state index in [1.165, 1.54) is 18.5 Å². The molecule has 0 saturated carbocycles. The molecule has 0 unspecified atom stereocenters. The van der Waals surface area contributed by atoms with Crippen LogP contribution in [0.15, 0.2) is 128 Å². The van der Waals surface area contributed by atoms with E-state index in [0.29, 0.717) is 28.2 Å². The zero-order chi connectivity index (χ0) is 42.5. The minimum absolute atomic E-state index is 0.0436. The number of ether oxygens (including phenoxy) is 1. The number of fused-ring (bicyclic) bond motifs is 1. The summed E-state index contributed by atoms with van der Waals surface area (Å²) in [7, 11) is -5.08. The molecule has 7 rings (SSSR count). The molecule has 1 fully saturated rings. The molecule has 12 nitrogen and oxygen atoms in total. The van der Waals surface area contributed by atoms with E-state index in [-0.39, 0.29) is 48.8 Å². The lowest BCUT2D eigenvalue weighted by Gasteiger charge is -2.39. The van der Waals surface area contributed by atoms with Crippen LogP contribution in [0.3, 0.4) is 0 Å². The van der Waals surface area contributed by atoms with Gasteiger partial charge in [-0.05, 0) is 35.2 Å². The van der Waals surface area contributed by atoms with E-state index in [0.717, 1.165) is 11.8 Å². The van der Waals surface area contributed by atoms with Crippen LogP contribution in [0, 0.1) is 0 Å². The second-order valence-corrected chi connectivity index (χ2v) is 16.1. The minimum Gasteiger partial charge on any atom is -0.468 e. The molecule has 1 saturated heterocycles. The predicted molar refractivity (Wildman–Crippen MR) is 216 cm³/mol. The highest BCUT2D eigenvalue weighted by Gasteiger charge is 2.41. The normalized spacial score (nSPS) is 16.1. The zero-order valence-electron chi connectivity index (χ0n) is 31.7. The first-order chi connectivity index (χ1) is 28.7. The van der Waals surface area contributed by atoms with Crippen molar-refractivity contribution in [3.05, 3.63) is 166 Å². The Bertz CT molecular complexity index is 2480. The molecule has 3 N–H and O–H groups in total. The number of amides is 2. The molecule has 1 aliphatic heterocycles. The molecule has 0 radical (unpaired) electrons. The molecule has 0 spiro atoms. The fourth-order valence-electron chi connectivity index (χ4n) is 7.46. The third-order valence-electron chi connectivity index (χ3n) is 10.2. The van der Waals surface area contributed by atoms with Crippen molar-refractivity contribution in [1.29, 1.82) is 0 Å². The van der Waals surface area contributed by atoms with Crippen molar-refractivity contribution in [2.75, 3.05) is 19.7 Å². The molecule has 3 heterocycles. The Hall–Kier alpha value is -5.70. The first-order valence-electron chi connectivity index (χ1n) is 18.8. The van der Waals surface area contributed by atoms with Gasteiger partial charge in [-0.1, -0.05) is 103 Å². The monoisotopic (exact) mass is 859 g/mol. The molecular formula is C43H38ClF3N5O7P. The lowest BCUT2D eigenvalue weighted by atomic mass is 9.85. The topological polar surface area (TPSA) is 164 Å². The van der Waals surface area contributed by atoms with Gasteiger partial charge >= 0.3 is 14.0 Å². The van der Waals surface area contributed by atoms with Crippen LogP contribution in [-0.4, -0.2) is 72.8 Å². The van der Waals surface area contributed by atoms with Crippen LogP contribution >= 0.6 is 19.4 Å². The number of phosphoric ester groups is 1. The molecule has 2 amide bonds. The Kier molecular flexibility index (Phi) is 12.6. The highest BCUT2D eigenvalue weighted by Crippen LogP contribution is 2.40. The van der Waals surface area contributed by atoms with E-state index < -0.39 is 61.1 Å². The van der Waals surface area contributed by atoms with Crippen molar-refractivity contribution in [1.82, 2.24) is 25.2 Å². The SMILES string of the molecule is O=C(N[C@@H]1CCN(C(=O)c2cc(Cl)c3nccnc3c2)C[C@@H]1c1ccccc1)c1cnc(OC(COP(=O)(O)O)(Cc2ccccc2)Cc2ccccc2)cc1C(F)(F)F. The van der Waals surface area contributed by atoms with Crippen LogP contribution < -0.4 is 10.1 Å². The van der Waals surface area contributed by atoms with Crippen molar-refractivity contribution in [3.8, 4) is 5.88 Å². The predicted octanol–water partition coefficient (Wildman–Crippen LogP) is 7.84. The number of phosphoric acid groups is 1. The summed E-state index contributed by atoms with van der Waals surface area (Å²) in [5.41, 5.74) is -0.570. The van der Waals surface area contributed by atoms with Crippen LogP contribution in [0.1, 0.15) is 55.3 Å². The summed E-state index contributed by atoms with van der Waals surface area (Å²) in [6.07, 6.45) is -1.18. The lowest BCUT2D eigenvalue weighted by Crippen LogP contribution is -2.51. The van der Waals surface area contributed by atoms with Gasteiger partial charge < -0.3 is 24.7 Å². The van der Waals surface area contributed by atoms with Gasteiger partial charge in [0.25, 0.3) is 11.8 Å². The van der Waals surface area contributed by atoms with Gasteiger partial charge in [0.2, 0.25) is 5.88 Å². The molecule has 1 aliphatic rings. The Balaban J connectivity index is 1.17. The number of aromatic nitrogens is 3. The number of likely N-dealkylation sites (tertiary alicyclic amines) is 1. The number of carbonyl (C=O) groups is 2. The van der Waals surface area contributed by atoms with E-state index in [2.05, 4.69) is 20.3 Å². The highest BCUT2D eigenvalue weighted by atomic mass is 35.5. The van der Waals surface area contributed by atoms with Crippen molar-refractivity contribution in [2.24, 2.45) is 0 Å². The summed E-state index contributed by atoms with van der Waals surface area (Å²) in [6, 6.07) is 29.5. The van der Waals surface area contributed by atoms with Crippen molar-refractivity contribution >= 4 is 42.3 Å². The molecule has 2 atom stereocenters. The molecule has 60 heavy (non-hydrogen) atoms. The van der Waals surface area contributed by atoms with Gasteiger partial charge in [-0.25, -0.2) is 9.55 Å². The number of nitrogens with one attached hydrogen (secondary N) is 1. The number of carbonyl (C=O) groups excluding carboxylic acids is 2. The molecule has 310 valence electrons. The number of pyridine rings is 1. The van der Waals surface area contributed by atoms with Gasteiger partial charge in [0, 0.05) is 68.1 Å². The number of alkyl halides is 3. The Morgan fingerprint density at radius 2 is 1.48 bits per heavy atom.